The van der Waals surface area contributed by atoms with Crippen molar-refractivity contribution in [3.63, 3.8) is 0 Å². The monoisotopic (exact) mass is 263 g/mol. The van der Waals surface area contributed by atoms with Crippen LogP contribution in [0.2, 0.25) is 0 Å². The van der Waals surface area contributed by atoms with Crippen molar-refractivity contribution in [3.8, 4) is 0 Å². The minimum atomic E-state index is -3.29. The van der Waals surface area contributed by atoms with E-state index < -0.39 is 10.2 Å². The van der Waals surface area contributed by atoms with Gasteiger partial charge in [-0.1, -0.05) is 27.2 Å². The first kappa shape index (κ1) is 14.9. The fourth-order valence-corrected chi connectivity index (χ4v) is 3.60. The zero-order valence-corrected chi connectivity index (χ0v) is 11.9. The van der Waals surface area contributed by atoms with Gasteiger partial charge in [-0.15, -0.1) is 0 Å². The molecule has 17 heavy (non-hydrogen) atoms. The number of hydrogen-bond acceptors (Lipinski definition) is 3. The van der Waals surface area contributed by atoms with Gasteiger partial charge < -0.3 is 5.32 Å². The van der Waals surface area contributed by atoms with E-state index in [9.17, 15) is 8.42 Å². The van der Waals surface area contributed by atoms with Gasteiger partial charge in [0.15, 0.2) is 0 Å². The largest absolute Gasteiger partial charge is 0.313 e. The van der Waals surface area contributed by atoms with Crippen molar-refractivity contribution in [1.29, 1.82) is 0 Å². The summed E-state index contributed by atoms with van der Waals surface area (Å²) in [5.41, 5.74) is 0. The highest BCUT2D eigenvalue weighted by atomic mass is 32.2. The minimum absolute atomic E-state index is 0.0928. The number of nitrogens with one attached hydrogen (secondary N) is 2. The molecular weight excluding hydrogens is 238 g/mol. The molecule has 2 N–H and O–H groups in total. The normalized spacial score (nSPS) is 23.2. The van der Waals surface area contributed by atoms with Gasteiger partial charge >= 0.3 is 0 Å². The zero-order chi connectivity index (χ0) is 12.9. The Bertz CT molecular complexity index is 317. The third-order valence-electron chi connectivity index (χ3n) is 2.97. The lowest BCUT2D eigenvalue weighted by Gasteiger charge is -2.35. The molecule has 1 saturated heterocycles. The maximum atomic E-state index is 12.0. The van der Waals surface area contributed by atoms with Crippen molar-refractivity contribution in [2.24, 2.45) is 0 Å². The second-order valence-electron chi connectivity index (χ2n) is 4.83. The highest BCUT2D eigenvalue weighted by Crippen LogP contribution is 2.19. The lowest BCUT2D eigenvalue weighted by Crippen LogP contribution is -2.52. The second kappa shape index (κ2) is 6.68. The third kappa shape index (κ3) is 4.54. The van der Waals surface area contributed by atoms with Gasteiger partial charge in [0, 0.05) is 31.7 Å². The van der Waals surface area contributed by atoms with E-state index in [1.807, 2.05) is 6.92 Å². The lowest BCUT2D eigenvalue weighted by atomic mass is 10.0. The third-order valence-corrected chi connectivity index (χ3v) is 4.72. The van der Waals surface area contributed by atoms with Crippen LogP contribution in [-0.2, 0) is 10.2 Å². The second-order valence-corrected chi connectivity index (χ2v) is 6.53. The number of piperidine rings is 1. The fraction of sp³-hybridized carbons (Fsp3) is 1.00. The molecule has 0 amide bonds. The Balaban J connectivity index is 2.65. The van der Waals surface area contributed by atoms with E-state index in [1.54, 1.807) is 4.31 Å². The Labute approximate surface area is 105 Å². The summed E-state index contributed by atoms with van der Waals surface area (Å²) in [6, 6.07) is 0.482. The maximum absolute atomic E-state index is 12.0. The Morgan fingerprint density at radius 3 is 2.65 bits per heavy atom. The summed E-state index contributed by atoms with van der Waals surface area (Å²) in [5.74, 6) is 0. The summed E-state index contributed by atoms with van der Waals surface area (Å²) in [4.78, 5) is 0. The van der Waals surface area contributed by atoms with E-state index in [0.29, 0.717) is 19.1 Å². The number of rotatable bonds is 6. The van der Waals surface area contributed by atoms with E-state index in [1.165, 1.54) is 0 Å². The van der Waals surface area contributed by atoms with E-state index in [4.69, 9.17) is 0 Å². The maximum Gasteiger partial charge on any atom is 0.279 e. The van der Waals surface area contributed by atoms with Crippen LogP contribution in [0.1, 0.15) is 40.0 Å². The summed E-state index contributed by atoms with van der Waals surface area (Å²) >= 11 is 0. The minimum Gasteiger partial charge on any atom is -0.313 e. The summed E-state index contributed by atoms with van der Waals surface area (Å²) in [5, 5.41) is 3.33. The molecule has 1 heterocycles. The first-order valence-corrected chi connectivity index (χ1v) is 7.91. The molecule has 0 bridgehead atoms. The van der Waals surface area contributed by atoms with Crippen LogP contribution >= 0.6 is 0 Å². The summed E-state index contributed by atoms with van der Waals surface area (Å²) in [6.07, 6.45) is 3.02. The zero-order valence-electron chi connectivity index (χ0n) is 11.1. The van der Waals surface area contributed by atoms with Gasteiger partial charge in [0.25, 0.3) is 10.2 Å². The predicted molar refractivity (Wildman–Crippen MR) is 70.1 cm³/mol. The van der Waals surface area contributed by atoms with Crippen LogP contribution in [0.3, 0.4) is 0 Å². The van der Waals surface area contributed by atoms with Crippen LogP contribution < -0.4 is 10.0 Å². The molecule has 1 aliphatic rings. The first-order chi connectivity index (χ1) is 7.97. The van der Waals surface area contributed by atoms with Gasteiger partial charge in [-0.2, -0.15) is 12.7 Å². The first-order valence-electron chi connectivity index (χ1n) is 6.47. The SMILES string of the molecule is CCNS(=O)(=O)N1CCCCC1CNC(C)C. The molecule has 0 aromatic rings. The standard InChI is InChI=1S/C11H25N3O2S/c1-4-13-17(15,16)14-8-6-5-7-11(14)9-12-10(2)3/h10-13H,4-9H2,1-3H3. The molecule has 0 saturated carbocycles. The summed E-state index contributed by atoms with van der Waals surface area (Å²) in [6.45, 7) is 7.78. The summed E-state index contributed by atoms with van der Waals surface area (Å²) < 4.78 is 28.3. The molecular formula is C11H25N3O2S. The molecule has 1 atom stereocenters. The van der Waals surface area contributed by atoms with Gasteiger partial charge in [-0.05, 0) is 12.8 Å². The highest BCUT2D eigenvalue weighted by molar-refractivity contribution is 7.87. The van der Waals surface area contributed by atoms with Gasteiger partial charge in [-0.3, -0.25) is 0 Å². The molecule has 102 valence electrons. The topological polar surface area (TPSA) is 61.4 Å². The Kier molecular flexibility index (Phi) is 5.85. The smallest absolute Gasteiger partial charge is 0.279 e. The van der Waals surface area contributed by atoms with Crippen molar-refractivity contribution >= 4 is 10.2 Å². The molecule has 0 radical (unpaired) electrons. The molecule has 1 fully saturated rings. The van der Waals surface area contributed by atoms with E-state index in [0.717, 1.165) is 25.8 Å². The average molecular weight is 263 g/mol. The van der Waals surface area contributed by atoms with E-state index in [-0.39, 0.29) is 6.04 Å². The van der Waals surface area contributed by atoms with Crippen LogP contribution in [0.25, 0.3) is 0 Å². The highest BCUT2D eigenvalue weighted by Gasteiger charge is 2.31. The van der Waals surface area contributed by atoms with Crippen molar-refractivity contribution in [1.82, 2.24) is 14.3 Å². The van der Waals surface area contributed by atoms with Crippen LogP contribution in [0.4, 0.5) is 0 Å². The van der Waals surface area contributed by atoms with Crippen molar-refractivity contribution in [2.75, 3.05) is 19.6 Å². The molecule has 0 aromatic carbocycles. The molecule has 5 nitrogen and oxygen atoms in total. The van der Waals surface area contributed by atoms with Gasteiger partial charge in [0.2, 0.25) is 0 Å². The van der Waals surface area contributed by atoms with Crippen LogP contribution in [0.15, 0.2) is 0 Å². The molecule has 1 rings (SSSR count). The molecule has 6 heteroatoms. The molecule has 0 spiro atoms. The van der Waals surface area contributed by atoms with Crippen LogP contribution in [0.5, 0.6) is 0 Å². The van der Waals surface area contributed by atoms with Crippen molar-refractivity contribution in [2.45, 2.75) is 52.1 Å². The van der Waals surface area contributed by atoms with Gasteiger partial charge in [-0.25, -0.2) is 4.72 Å². The Morgan fingerprint density at radius 2 is 2.06 bits per heavy atom. The Hall–Kier alpha value is -0.170. The summed E-state index contributed by atoms with van der Waals surface area (Å²) in [7, 11) is -3.29. The molecule has 1 unspecified atom stereocenters. The van der Waals surface area contributed by atoms with Crippen LogP contribution in [0, 0.1) is 0 Å². The lowest BCUT2D eigenvalue weighted by molar-refractivity contribution is 0.239. The fourth-order valence-electron chi connectivity index (χ4n) is 2.13. The van der Waals surface area contributed by atoms with Crippen LogP contribution in [-0.4, -0.2) is 44.4 Å². The van der Waals surface area contributed by atoms with Gasteiger partial charge in [0.05, 0.1) is 0 Å². The quantitative estimate of drug-likeness (QED) is 0.741. The predicted octanol–water partition coefficient (Wildman–Crippen LogP) is 0.693. The van der Waals surface area contributed by atoms with E-state index in [2.05, 4.69) is 23.9 Å². The number of nitrogens with zero attached hydrogens (tertiary/aromatic N) is 1. The number of hydrogen-bond donors (Lipinski definition) is 2. The van der Waals surface area contributed by atoms with E-state index >= 15 is 0 Å². The molecule has 0 aromatic heterocycles. The Morgan fingerprint density at radius 1 is 1.35 bits per heavy atom. The molecule has 0 aliphatic carbocycles. The van der Waals surface area contributed by atoms with Gasteiger partial charge in [0.1, 0.15) is 0 Å². The molecule has 1 aliphatic heterocycles. The average Bonchev–Trinajstić information content (AvgIpc) is 2.26. The van der Waals surface area contributed by atoms with Crippen molar-refractivity contribution in [3.05, 3.63) is 0 Å². The van der Waals surface area contributed by atoms with Crippen molar-refractivity contribution < 1.29 is 8.42 Å².